The molecule has 1 amide bonds. The maximum absolute atomic E-state index is 12.9. The standard InChI is InChI=1S/C21H21BrClN3O4S/c1-2-12-30-20-10-5-15(13-18(20)22)14-24-25-21(27)19-4-3-11-26(19)31(28,29)17-8-6-16(23)7-9-17/h2,5-10,13-14,19H,1,3-4,11-12H2,(H,25,27). The van der Waals surface area contributed by atoms with Gasteiger partial charge in [0.1, 0.15) is 18.4 Å². The number of hydrazone groups is 1. The lowest BCUT2D eigenvalue weighted by molar-refractivity contribution is -0.124. The Hall–Kier alpha value is -2.20. The first-order valence-electron chi connectivity index (χ1n) is 9.46. The van der Waals surface area contributed by atoms with E-state index in [4.69, 9.17) is 16.3 Å². The summed E-state index contributed by atoms with van der Waals surface area (Å²) < 4.78 is 33.3. The lowest BCUT2D eigenvalue weighted by Crippen LogP contribution is -2.44. The number of nitrogens with one attached hydrogen (secondary N) is 1. The van der Waals surface area contributed by atoms with E-state index in [9.17, 15) is 13.2 Å². The van der Waals surface area contributed by atoms with Gasteiger partial charge in [-0.1, -0.05) is 24.3 Å². The van der Waals surface area contributed by atoms with Crippen molar-refractivity contribution in [3.05, 3.63) is 70.2 Å². The number of nitrogens with zero attached hydrogens (tertiary/aromatic N) is 2. The van der Waals surface area contributed by atoms with Crippen LogP contribution in [0.4, 0.5) is 0 Å². The van der Waals surface area contributed by atoms with Gasteiger partial charge in [-0.3, -0.25) is 4.79 Å². The molecular formula is C21H21BrClN3O4S. The fourth-order valence-corrected chi connectivity index (χ4v) is 5.43. The molecule has 0 aromatic heterocycles. The van der Waals surface area contributed by atoms with Gasteiger partial charge in [0.05, 0.1) is 15.6 Å². The molecular weight excluding hydrogens is 506 g/mol. The maximum Gasteiger partial charge on any atom is 0.258 e. The van der Waals surface area contributed by atoms with E-state index in [-0.39, 0.29) is 11.4 Å². The third kappa shape index (κ3) is 5.74. The van der Waals surface area contributed by atoms with E-state index in [1.165, 1.54) is 34.8 Å². The average Bonchev–Trinajstić information content (AvgIpc) is 3.24. The van der Waals surface area contributed by atoms with E-state index in [1.807, 2.05) is 0 Å². The summed E-state index contributed by atoms with van der Waals surface area (Å²) in [6.07, 6.45) is 4.15. The molecule has 164 valence electrons. The molecule has 7 nitrogen and oxygen atoms in total. The molecule has 1 heterocycles. The number of carbonyl (C=O) groups is 1. The SMILES string of the molecule is C=CCOc1ccc(C=NNC(=O)C2CCCN2S(=O)(=O)c2ccc(Cl)cc2)cc1Br. The fraction of sp³-hybridized carbons (Fsp3) is 0.238. The predicted molar refractivity (Wildman–Crippen MR) is 124 cm³/mol. The number of amides is 1. The number of benzene rings is 2. The van der Waals surface area contributed by atoms with Crippen LogP contribution in [0.2, 0.25) is 5.02 Å². The van der Waals surface area contributed by atoms with Crippen molar-refractivity contribution < 1.29 is 17.9 Å². The Morgan fingerprint density at radius 3 is 2.74 bits per heavy atom. The van der Waals surface area contributed by atoms with E-state index >= 15 is 0 Å². The van der Waals surface area contributed by atoms with Gasteiger partial charge in [-0.25, -0.2) is 13.8 Å². The van der Waals surface area contributed by atoms with Crippen molar-refractivity contribution in [3.8, 4) is 5.75 Å². The average molecular weight is 527 g/mol. The van der Waals surface area contributed by atoms with Gasteiger partial charge in [-0.05, 0) is 76.8 Å². The summed E-state index contributed by atoms with van der Waals surface area (Å²) in [5.74, 6) is 0.186. The Bertz CT molecular complexity index is 1090. The summed E-state index contributed by atoms with van der Waals surface area (Å²) in [6, 6.07) is 10.4. The van der Waals surface area contributed by atoms with Gasteiger partial charge in [-0.2, -0.15) is 9.41 Å². The fourth-order valence-electron chi connectivity index (χ4n) is 3.14. The number of hydrogen-bond acceptors (Lipinski definition) is 5. The number of ether oxygens (including phenoxy) is 1. The van der Waals surface area contributed by atoms with Crippen LogP contribution in [0.15, 0.2) is 69.6 Å². The summed E-state index contributed by atoms with van der Waals surface area (Å²) in [5.41, 5.74) is 3.18. The van der Waals surface area contributed by atoms with Crippen LogP contribution in [0.5, 0.6) is 5.75 Å². The molecule has 1 unspecified atom stereocenters. The maximum atomic E-state index is 12.9. The minimum Gasteiger partial charge on any atom is -0.488 e. The number of rotatable bonds is 8. The predicted octanol–water partition coefficient (Wildman–Crippen LogP) is 3.97. The molecule has 1 N–H and O–H groups in total. The Kier molecular flexibility index (Phi) is 7.88. The molecule has 0 aliphatic carbocycles. The summed E-state index contributed by atoms with van der Waals surface area (Å²) in [4.78, 5) is 12.7. The van der Waals surface area contributed by atoms with Crippen LogP contribution in [-0.4, -0.2) is 44.0 Å². The zero-order chi connectivity index (χ0) is 22.4. The third-order valence-electron chi connectivity index (χ3n) is 4.63. The zero-order valence-electron chi connectivity index (χ0n) is 16.5. The normalized spacial score (nSPS) is 17.0. The molecule has 2 aromatic rings. The van der Waals surface area contributed by atoms with Crippen molar-refractivity contribution in [1.29, 1.82) is 0 Å². The second-order valence-electron chi connectivity index (χ2n) is 6.75. The number of hydrogen-bond donors (Lipinski definition) is 1. The van der Waals surface area contributed by atoms with Gasteiger partial charge in [0.25, 0.3) is 5.91 Å². The minimum atomic E-state index is -3.81. The molecule has 3 rings (SSSR count). The molecule has 1 aliphatic rings. The van der Waals surface area contributed by atoms with Crippen LogP contribution < -0.4 is 10.2 Å². The van der Waals surface area contributed by atoms with E-state index in [0.29, 0.717) is 30.2 Å². The summed E-state index contributed by atoms with van der Waals surface area (Å²) >= 11 is 9.27. The molecule has 0 radical (unpaired) electrons. The quantitative estimate of drug-likeness (QED) is 0.320. The van der Waals surface area contributed by atoms with Crippen LogP contribution in [0.1, 0.15) is 18.4 Å². The van der Waals surface area contributed by atoms with Crippen LogP contribution >= 0.6 is 27.5 Å². The van der Waals surface area contributed by atoms with E-state index in [0.717, 1.165) is 10.0 Å². The van der Waals surface area contributed by atoms with Crippen molar-refractivity contribution in [2.75, 3.05) is 13.2 Å². The largest absolute Gasteiger partial charge is 0.488 e. The van der Waals surface area contributed by atoms with Crippen molar-refractivity contribution in [2.45, 2.75) is 23.8 Å². The number of carbonyl (C=O) groups excluding carboxylic acids is 1. The second kappa shape index (κ2) is 10.4. The highest BCUT2D eigenvalue weighted by atomic mass is 79.9. The van der Waals surface area contributed by atoms with Gasteiger partial charge in [-0.15, -0.1) is 0 Å². The Morgan fingerprint density at radius 2 is 2.06 bits per heavy atom. The van der Waals surface area contributed by atoms with E-state index in [1.54, 1.807) is 24.3 Å². The Morgan fingerprint density at radius 1 is 1.32 bits per heavy atom. The van der Waals surface area contributed by atoms with Gasteiger partial charge < -0.3 is 4.74 Å². The van der Waals surface area contributed by atoms with Crippen molar-refractivity contribution in [1.82, 2.24) is 9.73 Å². The Labute approximate surface area is 194 Å². The smallest absolute Gasteiger partial charge is 0.258 e. The Balaban J connectivity index is 1.66. The van der Waals surface area contributed by atoms with E-state index in [2.05, 4.69) is 33.0 Å². The van der Waals surface area contributed by atoms with Gasteiger partial charge in [0.2, 0.25) is 10.0 Å². The highest BCUT2D eigenvalue weighted by Gasteiger charge is 2.39. The lowest BCUT2D eigenvalue weighted by Gasteiger charge is -2.22. The highest BCUT2D eigenvalue weighted by molar-refractivity contribution is 9.10. The molecule has 1 fully saturated rings. The summed E-state index contributed by atoms with van der Waals surface area (Å²) in [6.45, 7) is 4.26. The van der Waals surface area contributed by atoms with Crippen molar-refractivity contribution in [3.63, 3.8) is 0 Å². The monoisotopic (exact) mass is 525 g/mol. The van der Waals surface area contributed by atoms with Crippen LogP contribution in [-0.2, 0) is 14.8 Å². The molecule has 1 saturated heterocycles. The molecule has 31 heavy (non-hydrogen) atoms. The van der Waals surface area contributed by atoms with Crippen LogP contribution in [0.25, 0.3) is 0 Å². The third-order valence-corrected chi connectivity index (χ3v) is 7.42. The molecule has 0 saturated carbocycles. The molecule has 1 aliphatic heterocycles. The lowest BCUT2D eigenvalue weighted by atomic mass is 10.2. The second-order valence-corrected chi connectivity index (χ2v) is 9.93. The van der Waals surface area contributed by atoms with Crippen molar-refractivity contribution in [2.24, 2.45) is 5.10 Å². The first kappa shape index (κ1) is 23.5. The first-order valence-corrected chi connectivity index (χ1v) is 12.1. The number of sulfonamides is 1. The van der Waals surface area contributed by atoms with Crippen LogP contribution in [0, 0.1) is 0 Å². The highest BCUT2D eigenvalue weighted by Crippen LogP contribution is 2.27. The topological polar surface area (TPSA) is 88.1 Å². The number of halogens is 2. The molecule has 0 bridgehead atoms. The van der Waals surface area contributed by atoms with Gasteiger partial charge >= 0.3 is 0 Å². The minimum absolute atomic E-state index is 0.101. The molecule has 10 heteroatoms. The van der Waals surface area contributed by atoms with E-state index < -0.39 is 22.0 Å². The molecule has 0 spiro atoms. The summed E-state index contributed by atoms with van der Waals surface area (Å²) in [5, 5.41) is 4.42. The van der Waals surface area contributed by atoms with Crippen molar-refractivity contribution >= 4 is 49.7 Å². The van der Waals surface area contributed by atoms with Gasteiger partial charge in [0, 0.05) is 11.6 Å². The van der Waals surface area contributed by atoms with Gasteiger partial charge in [0.15, 0.2) is 0 Å². The summed E-state index contributed by atoms with van der Waals surface area (Å²) in [7, 11) is -3.81. The first-order chi connectivity index (χ1) is 14.8. The molecule has 1 atom stereocenters. The zero-order valence-corrected chi connectivity index (χ0v) is 19.7. The van der Waals surface area contributed by atoms with Crippen LogP contribution in [0.3, 0.4) is 0 Å². The molecule has 2 aromatic carbocycles.